The number of hydrogen-bond donors (Lipinski definition) is 0. The van der Waals surface area contributed by atoms with Crippen molar-refractivity contribution in [3.8, 4) is 0 Å². The monoisotopic (exact) mass is 556 g/mol. The van der Waals surface area contributed by atoms with Gasteiger partial charge in [-0.15, -0.1) is 0 Å². The van der Waals surface area contributed by atoms with Gasteiger partial charge >= 0.3 is 0 Å². The fourth-order valence-electron chi connectivity index (χ4n) is 6.77. The summed E-state index contributed by atoms with van der Waals surface area (Å²) in [5.41, 5.74) is 2.84. The third-order valence-electron chi connectivity index (χ3n) is 8.11. The molecule has 6 rings (SSSR count). The van der Waals surface area contributed by atoms with E-state index in [0.29, 0.717) is 23.0 Å². The summed E-state index contributed by atoms with van der Waals surface area (Å²) in [6.07, 6.45) is 4.81. The first-order chi connectivity index (χ1) is 16.4. The summed E-state index contributed by atoms with van der Waals surface area (Å²) in [6.45, 7) is 1.19. The molecule has 0 N–H and O–H groups in total. The Bertz CT molecular complexity index is 1350. The molecule has 3 aliphatic rings. The van der Waals surface area contributed by atoms with E-state index >= 15 is 0 Å². The standard InChI is InChI=1S/C27H26BrClN2O2S/c28-21-9-7-20(8-10-21)19-30-25-6-2-1-5-24(25)26-15-3-4-16-27(26,30)31(18-17-26)34(32,33)23-13-11-22(29)12-14-23/h1-2,5-14H,3-4,15-19H2/t26-,27-/m1/s1. The van der Waals surface area contributed by atoms with E-state index in [9.17, 15) is 8.42 Å². The zero-order valence-corrected chi connectivity index (χ0v) is 21.9. The normalized spacial score (nSPS) is 26.2. The highest BCUT2D eigenvalue weighted by Crippen LogP contribution is 2.65. The second-order valence-corrected chi connectivity index (χ2v) is 12.8. The van der Waals surface area contributed by atoms with Crippen molar-refractivity contribution in [1.82, 2.24) is 4.31 Å². The fraction of sp³-hybridized carbons (Fsp3) is 0.333. The average molecular weight is 558 g/mol. The molecule has 0 radical (unpaired) electrons. The third kappa shape index (κ3) is 3.08. The molecule has 176 valence electrons. The molecule has 0 aromatic heterocycles. The van der Waals surface area contributed by atoms with Gasteiger partial charge in [-0.05, 0) is 79.3 Å². The van der Waals surface area contributed by atoms with Gasteiger partial charge in [-0.25, -0.2) is 8.42 Å². The first-order valence-electron chi connectivity index (χ1n) is 11.8. The Kier molecular flexibility index (Phi) is 5.37. The molecule has 0 unspecified atom stereocenters. The second-order valence-electron chi connectivity index (χ2n) is 9.62. The van der Waals surface area contributed by atoms with Gasteiger partial charge in [0.1, 0.15) is 5.66 Å². The predicted molar refractivity (Wildman–Crippen MR) is 140 cm³/mol. The SMILES string of the molecule is O=S(=O)(c1ccc(Cl)cc1)N1CC[C@@]23CCCC[C@@]12N(Cc1ccc(Br)cc1)c1ccccc13. The molecule has 0 bridgehead atoms. The molecule has 1 saturated heterocycles. The molecule has 2 fully saturated rings. The maximum atomic E-state index is 14.2. The van der Waals surface area contributed by atoms with Crippen molar-refractivity contribution in [3.63, 3.8) is 0 Å². The Hall–Kier alpha value is -1.86. The molecule has 0 spiro atoms. The zero-order chi connectivity index (χ0) is 23.6. The van der Waals surface area contributed by atoms with Crippen LogP contribution in [0.15, 0.2) is 82.2 Å². The van der Waals surface area contributed by atoms with E-state index in [4.69, 9.17) is 11.6 Å². The number of nitrogens with zero attached hydrogens (tertiary/aromatic N) is 2. The molecule has 34 heavy (non-hydrogen) atoms. The van der Waals surface area contributed by atoms with Crippen molar-refractivity contribution in [2.24, 2.45) is 0 Å². The van der Waals surface area contributed by atoms with Gasteiger partial charge in [0.2, 0.25) is 10.0 Å². The van der Waals surface area contributed by atoms with Crippen molar-refractivity contribution >= 4 is 43.2 Å². The summed E-state index contributed by atoms with van der Waals surface area (Å²) >= 11 is 9.62. The van der Waals surface area contributed by atoms with Crippen LogP contribution in [0.4, 0.5) is 5.69 Å². The van der Waals surface area contributed by atoms with Gasteiger partial charge in [0, 0.05) is 33.7 Å². The zero-order valence-electron chi connectivity index (χ0n) is 18.8. The van der Waals surface area contributed by atoms with Gasteiger partial charge in [0.25, 0.3) is 0 Å². The van der Waals surface area contributed by atoms with Crippen molar-refractivity contribution < 1.29 is 8.42 Å². The number of hydrogen-bond acceptors (Lipinski definition) is 3. The number of anilines is 1. The Balaban J connectivity index is 1.54. The van der Waals surface area contributed by atoms with E-state index < -0.39 is 15.7 Å². The van der Waals surface area contributed by atoms with Crippen LogP contribution in [0.1, 0.15) is 43.2 Å². The predicted octanol–water partition coefficient (Wildman–Crippen LogP) is 6.73. The van der Waals surface area contributed by atoms with Crippen LogP contribution in [0.3, 0.4) is 0 Å². The van der Waals surface area contributed by atoms with Gasteiger partial charge in [-0.2, -0.15) is 4.31 Å². The Labute approximate surface area is 214 Å². The average Bonchev–Trinajstić information content (AvgIpc) is 3.32. The van der Waals surface area contributed by atoms with Gasteiger partial charge in [-0.3, -0.25) is 0 Å². The van der Waals surface area contributed by atoms with Crippen molar-refractivity contribution in [1.29, 1.82) is 0 Å². The topological polar surface area (TPSA) is 40.6 Å². The minimum Gasteiger partial charge on any atom is -0.347 e. The van der Waals surface area contributed by atoms with E-state index in [0.717, 1.165) is 36.6 Å². The number of benzene rings is 3. The quantitative estimate of drug-likeness (QED) is 0.357. The minimum atomic E-state index is -3.72. The summed E-state index contributed by atoms with van der Waals surface area (Å²) in [5.74, 6) is 0. The lowest BCUT2D eigenvalue weighted by molar-refractivity contribution is 0.104. The van der Waals surface area contributed by atoms with Gasteiger partial charge < -0.3 is 4.90 Å². The van der Waals surface area contributed by atoms with E-state index in [1.807, 2.05) is 4.31 Å². The molecular formula is C27H26BrClN2O2S. The summed E-state index contributed by atoms with van der Waals surface area (Å²) in [5, 5.41) is 0.538. The van der Waals surface area contributed by atoms with Crippen LogP contribution in [-0.4, -0.2) is 24.9 Å². The summed E-state index contributed by atoms with van der Waals surface area (Å²) in [6, 6.07) is 23.6. The number of fused-ring (bicyclic) bond motifs is 1. The molecular weight excluding hydrogens is 532 g/mol. The maximum Gasteiger partial charge on any atom is 0.245 e. The van der Waals surface area contributed by atoms with Gasteiger partial charge in [0.15, 0.2) is 0 Å². The second kappa shape index (κ2) is 8.09. The first kappa shape index (κ1) is 22.6. The minimum absolute atomic E-state index is 0.198. The Morgan fingerprint density at radius 3 is 2.35 bits per heavy atom. The molecule has 3 aromatic rings. The molecule has 2 atom stereocenters. The molecule has 7 heteroatoms. The van der Waals surface area contributed by atoms with Crippen LogP contribution in [0, 0.1) is 0 Å². The molecule has 4 nitrogen and oxygen atoms in total. The van der Waals surface area contributed by atoms with E-state index in [1.165, 1.54) is 16.8 Å². The molecule has 1 saturated carbocycles. The largest absolute Gasteiger partial charge is 0.347 e. The van der Waals surface area contributed by atoms with Crippen LogP contribution >= 0.6 is 27.5 Å². The lowest BCUT2D eigenvalue weighted by Crippen LogP contribution is -2.65. The first-order valence-corrected chi connectivity index (χ1v) is 14.4. The lowest BCUT2D eigenvalue weighted by Gasteiger charge is -2.53. The Morgan fingerprint density at radius 1 is 0.882 bits per heavy atom. The summed E-state index contributed by atoms with van der Waals surface area (Å²) in [4.78, 5) is 2.72. The summed E-state index contributed by atoms with van der Waals surface area (Å²) in [7, 11) is -3.72. The number of para-hydroxylation sites is 1. The van der Waals surface area contributed by atoms with Crippen LogP contribution in [0.25, 0.3) is 0 Å². The fourth-order valence-corrected chi connectivity index (χ4v) is 8.99. The highest BCUT2D eigenvalue weighted by molar-refractivity contribution is 9.10. The molecule has 0 amide bonds. The molecule has 1 aliphatic carbocycles. The Morgan fingerprint density at radius 2 is 1.59 bits per heavy atom. The number of sulfonamides is 1. The van der Waals surface area contributed by atoms with E-state index in [-0.39, 0.29) is 5.41 Å². The highest BCUT2D eigenvalue weighted by Gasteiger charge is 2.70. The lowest BCUT2D eigenvalue weighted by atomic mass is 9.64. The van der Waals surface area contributed by atoms with Crippen molar-refractivity contribution in [2.45, 2.75) is 54.6 Å². The molecule has 2 aliphatic heterocycles. The van der Waals surface area contributed by atoms with Crippen molar-refractivity contribution in [3.05, 3.63) is 93.4 Å². The van der Waals surface area contributed by atoms with Crippen LogP contribution in [-0.2, 0) is 22.0 Å². The van der Waals surface area contributed by atoms with Gasteiger partial charge in [0.05, 0.1) is 4.90 Å². The number of halogens is 2. The van der Waals surface area contributed by atoms with Crippen molar-refractivity contribution in [2.75, 3.05) is 11.4 Å². The highest BCUT2D eigenvalue weighted by atomic mass is 79.9. The summed E-state index contributed by atoms with van der Waals surface area (Å²) < 4.78 is 31.2. The third-order valence-corrected chi connectivity index (χ3v) is 10.8. The molecule has 3 aromatic carbocycles. The van der Waals surface area contributed by atoms with E-state index in [2.05, 4.69) is 69.4 Å². The maximum absolute atomic E-state index is 14.2. The van der Waals surface area contributed by atoms with Crippen LogP contribution < -0.4 is 4.90 Å². The molecule has 2 heterocycles. The smallest absolute Gasteiger partial charge is 0.245 e. The van der Waals surface area contributed by atoms with Crippen LogP contribution in [0.5, 0.6) is 0 Å². The number of rotatable bonds is 4. The van der Waals surface area contributed by atoms with Crippen LogP contribution in [0.2, 0.25) is 5.02 Å². The van der Waals surface area contributed by atoms with E-state index in [1.54, 1.807) is 24.3 Å². The van der Waals surface area contributed by atoms with Gasteiger partial charge in [-0.1, -0.05) is 64.3 Å².